The highest BCUT2D eigenvalue weighted by atomic mass is 79.9. The van der Waals surface area contributed by atoms with E-state index in [4.69, 9.17) is 27.9 Å². The molecular formula is C16H16BrCl2NO. The summed E-state index contributed by atoms with van der Waals surface area (Å²) in [6.07, 6.45) is 1.09. The molecule has 0 saturated heterocycles. The molecule has 0 fully saturated rings. The third-order valence-corrected chi connectivity index (χ3v) is 3.92. The predicted molar refractivity (Wildman–Crippen MR) is 92.7 cm³/mol. The molecule has 1 N–H and O–H groups in total. The van der Waals surface area contributed by atoms with Crippen LogP contribution in [0.5, 0.6) is 11.5 Å². The van der Waals surface area contributed by atoms with E-state index in [0.29, 0.717) is 15.8 Å². The molecule has 112 valence electrons. The zero-order valence-electron chi connectivity index (χ0n) is 11.6. The maximum atomic E-state index is 6.15. The van der Waals surface area contributed by atoms with Crippen molar-refractivity contribution in [3.05, 3.63) is 56.5 Å². The van der Waals surface area contributed by atoms with Crippen LogP contribution in [0.2, 0.25) is 10.0 Å². The molecule has 2 rings (SSSR count). The van der Waals surface area contributed by atoms with E-state index in [-0.39, 0.29) is 0 Å². The van der Waals surface area contributed by atoms with Gasteiger partial charge in [0.1, 0.15) is 11.5 Å². The highest BCUT2D eigenvalue weighted by Gasteiger charge is 2.09. The average Bonchev–Trinajstić information content (AvgIpc) is 2.46. The Morgan fingerprint density at radius 1 is 1.10 bits per heavy atom. The molecule has 2 nitrogen and oxygen atoms in total. The maximum Gasteiger partial charge on any atom is 0.147 e. The van der Waals surface area contributed by atoms with Gasteiger partial charge in [0.15, 0.2) is 0 Å². The van der Waals surface area contributed by atoms with Gasteiger partial charge in [0.25, 0.3) is 0 Å². The molecule has 0 aliphatic carbocycles. The summed E-state index contributed by atoms with van der Waals surface area (Å²) in [5.41, 5.74) is 1.06. The summed E-state index contributed by atoms with van der Waals surface area (Å²) in [6, 6.07) is 11.1. The Labute approximate surface area is 143 Å². The van der Waals surface area contributed by atoms with E-state index in [2.05, 4.69) is 28.2 Å². The third kappa shape index (κ3) is 4.89. The van der Waals surface area contributed by atoms with Crippen molar-refractivity contribution in [1.82, 2.24) is 5.32 Å². The van der Waals surface area contributed by atoms with Gasteiger partial charge >= 0.3 is 0 Å². The Kier molecular flexibility index (Phi) is 6.37. The Hall–Kier alpha value is -0.740. The predicted octanol–water partition coefficient (Wildman–Crippen LogP) is 6.05. The molecule has 0 saturated carbocycles. The molecule has 2 aromatic carbocycles. The second-order valence-electron chi connectivity index (χ2n) is 4.61. The van der Waals surface area contributed by atoms with Crippen molar-refractivity contribution in [3.63, 3.8) is 0 Å². The lowest BCUT2D eigenvalue weighted by molar-refractivity contribution is 0.473. The first-order valence-corrected chi connectivity index (χ1v) is 8.27. The second-order valence-corrected chi connectivity index (χ2v) is 6.36. The van der Waals surface area contributed by atoms with E-state index >= 15 is 0 Å². The van der Waals surface area contributed by atoms with Crippen molar-refractivity contribution in [2.24, 2.45) is 0 Å². The summed E-state index contributed by atoms with van der Waals surface area (Å²) >= 11 is 15.6. The molecule has 0 spiro atoms. The van der Waals surface area contributed by atoms with Crippen molar-refractivity contribution in [2.75, 3.05) is 6.54 Å². The highest BCUT2D eigenvalue weighted by molar-refractivity contribution is 9.10. The summed E-state index contributed by atoms with van der Waals surface area (Å²) in [6.45, 7) is 3.84. The van der Waals surface area contributed by atoms with Crippen molar-refractivity contribution in [3.8, 4) is 11.5 Å². The molecule has 0 amide bonds. The molecule has 5 heteroatoms. The minimum Gasteiger partial charge on any atom is -0.455 e. The number of halogens is 3. The third-order valence-electron chi connectivity index (χ3n) is 2.88. The van der Waals surface area contributed by atoms with Crippen molar-refractivity contribution >= 4 is 39.1 Å². The minimum absolute atomic E-state index is 0.537. The van der Waals surface area contributed by atoms with E-state index in [1.807, 2.05) is 18.2 Å². The fraction of sp³-hybridized carbons (Fsp3) is 0.250. The van der Waals surface area contributed by atoms with Gasteiger partial charge in [0.2, 0.25) is 0 Å². The number of hydrogen-bond acceptors (Lipinski definition) is 2. The number of rotatable bonds is 6. The minimum atomic E-state index is 0.537. The monoisotopic (exact) mass is 387 g/mol. The molecule has 0 aliphatic heterocycles. The Morgan fingerprint density at radius 2 is 1.90 bits per heavy atom. The van der Waals surface area contributed by atoms with Gasteiger partial charge in [0.05, 0.1) is 5.02 Å². The Morgan fingerprint density at radius 3 is 2.67 bits per heavy atom. The lowest BCUT2D eigenvalue weighted by atomic mass is 10.2. The van der Waals surface area contributed by atoms with Gasteiger partial charge in [-0.3, -0.25) is 0 Å². The van der Waals surface area contributed by atoms with Gasteiger partial charge in [0, 0.05) is 27.7 Å². The zero-order valence-corrected chi connectivity index (χ0v) is 14.7. The standard InChI is InChI=1S/C16H16BrCl2NO/c1-2-7-20-10-11-8-12(17)3-6-15(11)21-16-9-13(18)4-5-14(16)19/h3-6,8-9,20H,2,7,10H2,1H3. The second kappa shape index (κ2) is 8.04. The maximum absolute atomic E-state index is 6.15. The molecule has 0 radical (unpaired) electrons. The van der Waals surface area contributed by atoms with Crippen molar-refractivity contribution in [1.29, 1.82) is 0 Å². The van der Waals surface area contributed by atoms with Crippen LogP contribution in [0.25, 0.3) is 0 Å². The van der Waals surface area contributed by atoms with Gasteiger partial charge in [-0.1, -0.05) is 46.1 Å². The Bertz CT molecular complexity index is 619. The van der Waals surface area contributed by atoms with Crippen LogP contribution in [-0.4, -0.2) is 6.54 Å². The fourth-order valence-corrected chi connectivity index (χ4v) is 2.59. The molecule has 0 heterocycles. The summed E-state index contributed by atoms with van der Waals surface area (Å²) in [5.74, 6) is 1.33. The van der Waals surface area contributed by atoms with Crippen LogP contribution in [0.15, 0.2) is 40.9 Å². The molecular weight excluding hydrogens is 373 g/mol. The van der Waals surface area contributed by atoms with Gasteiger partial charge < -0.3 is 10.1 Å². The number of benzene rings is 2. The van der Waals surface area contributed by atoms with Crippen LogP contribution in [-0.2, 0) is 6.54 Å². The fourth-order valence-electron chi connectivity index (χ4n) is 1.86. The average molecular weight is 389 g/mol. The first-order valence-electron chi connectivity index (χ1n) is 6.72. The summed E-state index contributed by atoms with van der Waals surface area (Å²) in [7, 11) is 0. The van der Waals surface area contributed by atoms with Crippen molar-refractivity contribution in [2.45, 2.75) is 19.9 Å². The number of hydrogen-bond donors (Lipinski definition) is 1. The van der Waals surface area contributed by atoms with Crippen LogP contribution in [0.4, 0.5) is 0 Å². The van der Waals surface area contributed by atoms with Crippen LogP contribution in [0.3, 0.4) is 0 Å². The zero-order chi connectivity index (χ0) is 15.2. The molecule has 0 unspecified atom stereocenters. The largest absolute Gasteiger partial charge is 0.455 e. The van der Waals surface area contributed by atoms with E-state index in [1.54, 1.807) is 18.2 Å². The van der Waals surface area contributed by atoms with Gasteiger partial charge in [-0.2, -0.15) is 0 Å². The molecule has 21 heavy (non-hydrogen) atoms. The Balaban J connectivity index is 2.24. The molecule has 0 bridgehead atoms. The summed E-state index contributed by atoms with van der Waals surface area (Å²) in [5, 5.41) is 4.50. The highest BCUT2D eigenvalue weighted by Crippen LogP contribution is 2.34. The first kappa shape index (κ1) is 16.6. The molecule has 0 aromatic heterocycles. The van der Waals surface area contributed by atoms with Gasteiger partial charge in [-0.15, -0.1) is 0 Å². The van der Waals surface area contributed by atoms with E-state index < -0.39 is 0 Å². The number of ether oxygens (including phenoxy) is 1. The summed E-state index contributed by atoms with van der Waals surface area (Å²) in [4.78, 5) is 0. The van der Waals surface area contributed by atoms with Crippen LogP contribution >= 0.6 is 39.1 Å². The lowest BCUT2D eigenvalue weighted by Gasteiger charge is -2.13. The van der Waals surface area contributed by atoms with Crippen LogP contribution in [0.1, 0.15) is 18.9 Å². The SMILES string of the molecule is CCCNCc1cc(Br)ccc1Oc1cc(Cl)ccc1Cl. The van der Waals surface area contributed by atoms with Crippen LogP contribution < -0.4 is 10.1 Å². The van der Waals surface area contributed by atoms with Gasteiger partial charge in [-0.05, 0) is 43.3 Å². The quantitative estimate of drug-likeness (QED) is 0.608. The first-order chi connectivity index (χ1) is 10.1. The molecule has 2 aromatic rings. The lowest BCUT2D eigenvalue weighted by Crippen LogP contribution is -2.14. The normalized spacial score (nSPS) is 10.7. The van der Waals surface area contributed by atoms with E-state index in [9.17, 15) is 0 Å². The van der Waals surface area contributed by atoms with Gasteiger partial charge in [-0.25, -0.2) is 0 Å². The molecule has 0 aliphatic rings. The molecule has 0 atom stereocenters. The van der Waals surface area contributed by atoms with Crippen molar-refractivity contribution < 1.29 is 4.74 Å². The summed E-state index contributed by atoms with van der Waals surface area (Å²) < 4.78 is 6.94. The topological polar surface area (TPSA) is 21.3 Å². The van der Waals surface area contributed by atoms with E-state index in [1.165, 1.54) is 0 Å². The number of nitrogens with one attached hydrogen (secondary N) is 1. The smallest absolute Gasteiger partial charge is 0.147 e. The van der Waals surface area contributed by atoms with E-state index in [0.717, 1.165) is 35.3 Å². The van der Waals surface area contributed by atoms with Crippen LogP contribution in [0, 0.1) is 0 Å².